The zero-order valence-electron chi connectivity index (χ0n) is 9.48. The first kappa shape index (κ1) is 12.4. The van der Waals surface area contributed by atoms with Crippen LogP contribution in [0.2, 0.25) is 5.02 Å². The number of benzene rings is 1. The number of halogens is 1. The topological polar surface area (TPSA) is 73.7 Å². The largest absolute Gasteiger partial charge is 0.510 e. The fraction of sp³-hybridized carbons (Fsp3) is 0.167. The van der Waals surface area contributed by atoms with Gasteiger partial charge in [0.15, 0.2) is 0 Å². The molecule has 1 aromatic carbocycles. The molecule has 94 valence electrons. The lowest BCUT2D eigenvalue weighted by Crippen LogP contribution is -2.18. The number of carbonyl (C=O) groups is 1. The van der Waals surface area contributed by atoms with E-state index in [1.807, 2.05) is 18.2 Å². The van der Waals surface area contributed by atoms with Crippen molar-refractivity contribution in [3.8, 4) is 0 Å². The standard InChI is InChI=1S/C12H12ClN3O2/c13-10-4-2-1-3-8(10)5-15-16-6-9-11(17)7-14-12(9)18/h1-4,6,15,17H,5,7H2,(H,14,18)/b16-6+. The summed E-state index contributed by atoms with van der Waals surface area (Å²) in [6, 6.07) is 7.40. The summed E-state index contributed by atoms with van der Waals surface area (Å²) in [7, 11) is 0. The molecule has 1 aromatic rings. The molecule has 2 rings (SSSR count). The van der Waals surface area contributed by atoms with Gasteiger partial charge in [0.1, 0.15) is 5.76 Å². The summed E-state index contributed by atoms with van der Waals surface area (Å²) in [5, 5.41) is 16.4. The van der Waals surface area contributed by atoms with Crippen LogP contribution in [-0.2, 0) is 11.3 Å². The predicted molar refractivity (Wildman–Crippen MR) is 69.4 cm³/mol. The summed E-state index contributed by atoms with van der Waals surface area (Å²) in [4.78, 5) is 11.2. The minimum absolute atomic E-state index is 0.00305. The van der Waals surface area contributed by atoms with Gasteiger partial charge in [0, 0.05) is 5.02 Å². The highest BCUT2D eigenvalue weighted by Gasteiger charge is 2.19. The van der Waals surface area contributed by atoms with Crippen molar-refractivity contribution < 1.29 is 9.90 Å². The summed E-state index contributed by atoms with van der Waals surface area (Å²) in [5.74, 6) is -0.320. The summed E-state index contributed by atoms with van der Waals surface area (Å²) < 4.78 is 0. The van der Waals surface area contributed by atoms with Crippen LogP contribution in [0.25, 0.3) is 0 Å². The quantitative estimate of drug-likeness (QED) is 0.568. The lowest BCUT2D eigenvalue weighted by Gasteiger charge is -2.02. The van der Waals surface area contributed by atoms with Gasteiger partial charge in [-0.2, -0.15) is 5.10 Å². The molecule has 0 saturated carbocycles. The van der Waals surface area contributed by atoms with Gasteiger partial charge in [0.25, 0.3) is 5.91 Å². The second-order valence-corrected chi connectivity index (χ2v) is 4.13. The van der Waals surface area contributed by atoms with Gasteiger partial charge >= 0.3 is 0 Å². The molecule has 1 heterocycles. The first-order chi connectivity index (χ1) is 8.68. The van der Waals surface area contributed by atoms with Gasteiger partial charge in [-0.25, -0.2) is 0 Å². The normalized spacial score (nSPS) is 15.3. The maximum atomic E-state index is 11.2. The van der Waals surface area contributed by atoms with Crippen LogP contribution in [0.4, 0.5) is 0 Å². The second-order valence-electron chi connectivity index (χ2n) is 3.73. The summed E-state index contributed by atoms with van der Waals surface area (Å²) in [5.41, 5.74) is 3.86. The Morgan fingerprint density at radius 1 is 1.50 bits per heavy atom. The number of carbonyl (C=O) groups excluding carboxylic acids is 1. The fourth-order valence-electron chi connectivity index (χ4n) is 1.50. The van der Waals surface area contributed by atoms with Gasteiger partial charge in [0.2, 0.25) is 0 Å². The van der Waals surface area contributed by atoms with E-state index >= 15 is 0 Å². The number of nitrogens with zero attached hydrogens (tertiary/aromatic N) is 1. The molecule has 1 aliphatic rings. The Kier molecular flexibility index (Phi) is 3.84. The second kappa shape index (κ2) is 5.55. The molecule has 0 aliphatic carbocycles. The van der Waals surface area contributed by atoms with E-state index in [0.29, 0.717) is 11.6 Å². The van der Waals surface area contributed by atoms with E-state index in [4.69, 9.17) is 11.6 Å². The molecule has 0 radical (unpaired) electrons. The molecule has 0 fully saturated rings. The van der Waals surface area contributed by atoms with E-state index in [-0.39, 0.29) is 23.8 Å². The molecule has 0 aromatic heterocycles. The van der Waals surface area contributed by atoms with Gasteiger partial charge < -0.3 is 15.8 Å². The van der Waals surface area contributed by atoms with Crippen molar-refractivity contribution in [3.05, 3.63) is 46.2 Å². The SMILES string of the molecule is O=C1NCC(O)=C1/C=N/NCc1ccccc1Cl. The molecule has 18 heavy (non-hydrogen) atoms. The average Bonchev–Trinajstić information content (AvgIpc) is 2.67. The van der Waals surface area contributed by atoms with Crippen LogP contribution in [0.1, 0.15) is 5.56 Å². The zero-order chi connectivity index (χ0) is 13.0. The molecule has 6 heteroatoms. The third-order valence-electron chi connectivity index (χ3n) is 2.48. The van der Waals surface area contributed by atoms with E-state index in [0.717, 1.165) is 5.56 Å². The molecular weight excluding hydrogens is 254 g/mol. The minimum atomic E-state index is -0.323. The smallest absolute Gasteiger partial charge is 0.256 e. The van der Waals surface area contributed by atoms with Gasteiger partial charge in [-0.15, -0.1) is 0 Å². The summed E-state index contributed by atoms with van der Waals surface area (Å²) >= 11 is 5.97. The van der Waals surface area contributed by atoms with Crippen molar-refractivity contribution in [2.45, 2.75) is 6.54 Å². The molecule has 0 atom stereocenters. The third kappa shape index (κ3) is 2.81. The monoisotopic (exact) mass is 265 g/mol. The summed E-state index contributed by atoms with van der Waals surface area (Å²) in [6.45, 7) is 0.608. The predicted octanol–water partition coefficient (Wildman–Crippen LogP) is 1.36. The van der Waals surface area contributed by atoms with Gasteiger partial charge in [0.05, 0.1) is 24.9 Å². The van der Waals surface area contributed by atoms with Crippen LogP contribution in [0.3, 0.4) is 0 Å². The molecule has 1 amide bonds. The number of hydrazone groups is 1. The van der Waals surface area contributed by atoms with Crippen LogP contribution < -0.4 is 10.7 Å². The van der Waals surface area contributed by atoms with Gasteiger partial charge in [-0.1, -0.05) is 29.8 Å². The minimum Gasteiger partial charge on any atom is -0.510 e. The first-order valence-electron chi connectivity index (χ1n) is 5.38. The Labute approximate surface area is 109 Å². The van der Waals surface area contributed by atoms with Gasteiger partial charge in [-0.3, -0.25) is 4.79 Å². The highest BCUT2D eigenvalue weighted by Crippen LogP contribution is 2.14. The van der Waals surface area contributed by atoms with Gasteiger partial charge in [-0.05, 0) is 11.6 Å². The van der Waals surface area contributed by atoms with E-state index in [1.165, 1.54) is 6.21 Å². The lowest BCUT2D eigenvalue weighted by molar-refractivity contribution is -0.116. The van der Waals surface area contributed by atoms with Crippen molar-refractivity contribution in [1.29, 1.82) is 0 Å². The highest BCUT2D eigenvalue weighted by molar-refractivity contribution is 6.31. The summed E-state index contributed by atoms with van der Waals surface area (Å²) in [6.07, 6.45) is 1.30. The Balaban J connectivity index is 1.92. The molecular formula is C12H12ClN3O2. The highest BCUT2D eigenvalue weighted by atomic mass is 35.5. The Hall–Kier alpha value is -2.01. The Morgan fingerprint density at radius 3 is 2.94 bits per heavy atom. The number of aliphatic hydroxyl groups excluding tert-OH is 1. The van der Waals surface area contributed by atoms with E-state index in [1.54, 1.807) is 6.07 Å². The van der Waals surface area contributed by atoms with Crippen LogP contribution in [0.15, 0.2) is 40.7 Å². The number of nitrogens with one attached hydrogen (secondary N) is 2. The van der Waals surface area contributed by atoms with E-state index in [2.05, 4.69) is 15.8 Å². The van der Waals surface area contributed by atoms with Crippen LogP contribution >= 0.6 is 11.6 Å². The number of rotatable bonds is 4. The maximum Gasteiger partial charge on any atom is 0.256 e. The molecule has 0 bridgehead atoms. The van der Waals surface area contributed by atoms with Crippen molar-refractivity contribution in [3.63, 3.8) is 0 Å². The van der Waals surface area contributed by atoms with Crippen molar-refractivity contribution in [2.24, 2.45) is 5.10 Å². The van der Waals surface area contributed by atoms with E-state index < -0.39 is 0 Å². The van der Waals surface area contributed by atoms with Crippen LogP contribution in [0.5, 0.6) is 0 Å². The van der Waals surface area contributed by atoms with Crippen LogP contribution in [0, 0.1) is 0 Å². The van der Waals surface area contributed by atoms with Crippen molar-refractivity contribution in [1.82, 2.24) is 10.7 Å². The Bertz CT molecular complexity index is 526. The molecule has 1 aliphatic heterocycles. The van der Waals surface area contributed by atoms with Crippen LogP contribution in [-0.4, -0.2) is 23.8 Å². The third-order valence-corrected chi connectivity index (χ3v) is 2.85. The zero-order valence-corrected chi connectivity index (χ0v) is 10.2. The Morgan fingerprint density at radius 2 is 2.28 bits per heavy atom. The average molecular weight is 266 g/mol. The van der Waals surface area contributed by atoms with Crippen molar-refractivity contribution in [2.75, 3.05) is 6.54 Å². The maximum absolute atomic E-state index is 11.2. The number of hydrogen-bond donors (Lipinski definition) is 3. The number of amides is 1. The number of hydrogen-bond acceptors (Lipinski definition) is 4. The molecule has 5 nitrogen and oxygen atoms in total. The van der Waals surface area contributed by atoms with Crippen molar-refractivity contribution >= 4 is 23.7 Å². The van der Waals surface area contributed by atoms with E-state index in [9.17, 15) is 9.90 Å². The first-order valence-corrected chi connectivity index (χ1v) is 5.76. The molecule has 0 spiro atoms. The number of aliphatic hydroxyl groups is 1. The lowest BCUT2D eigenvalue weighted by atomic mass is 10.2. The molecule has 0 unspecified atom stereocenters. The fourth-order valence-corrected chi connectivity index (χ4v) is 1.70. The molecule has 0 saturated heterocycles. The molecule has 3 N–H and O–H groups in total.